The van der Waals surface area contributed by atoms with Crippen LogP contribution in [-0.2, 0) is 0 Å². The standard InChI is InChI=1S/C15H24N2O2/c1-12(2)15(16)10-17(11-15)8-9-19-14-7-5-4-6-13(14)18-3/h4-7,12H,8-11,16H2,1-3H3. The second-order valence-corrected chi connectivity index (χ2v) is 5.60. The molecule has 2 rings (SSSR count). The van der Waals surface area contributed by atoms with Gasteiger partial charge in [-0.05, 0) is 18.1 Å². The van der Waals surface area contributed by atoms with Gasteiger partial charge in [-0.3, -0.25) is 4.90 Å². The second-order valence-electron chi connectivity index (χ2n) is 5.60. The zero-order valence-electron chi connectivity index (χ0n) is 12.1. The highest BCUT2D eigenvalue weighted by Crippen LogP contribution is 2.27. The summed E-state index contributed by atoms with van der Waals surface area (Å²) in [5.41, 5.74) is 6.25. The molecule has 0 unspecified atom stereocenters. The van der Waals surface area contributed by atoms with Gasteiger partial charge in [0, 0.05) is 25.2 Å². The van der Waals surface area contributed by atoms with E-state index in [2.05, 4.69) is 18.7 Å². The molecule has 106 valence electrons. The fourth-order valence-corrected chi connectivity index (χ4v) is 2.33. The molecule has 0 aliphatic carbocycles. The fraction of sp³-hybridized carbons (Fsp3) is 0.600. The van der Waals surface area contributed by atoms with Gasteiger partial charge in [-0.15, -0.1) is 0 Å². The van der Waals surface area contributed by atoms with Crippen molar-refractivity contribution in [1.29, 1.82) is 0 Å². The van der Waals surface area contributed by atoms with Crippen molar-refractivity contribution < 1.29 is 9.47 Å². The first-order valence-electron chi connectivity index (χ1n) is 6.82. The molecule has 1 saturated heterocycles. The number of hydrogen-bond donors (Lipinski definition) is 1. The molecule has 0 saturated carbocycles. The third kappa shape index (κ3) is 3.19. The number of methoxy groups -OCH3 is 1. The van der Waals surface area contributed by atoms with Crippen molar-refractivity contribution in [3.63, 3.8) is 0 Å². The maximum absolute atomic E-state index is 6.26. The Kier molecular flexibility index (Phi) is 4.32. The number of nitrogens with two attached hydrogens (primary N) is 1. The van der Waals surface area contributed by atoms with Crippen LogP contribution >= 0.6 is 0 Å². The van der Waals surface area contributed by atoms with Crippen molar-refractivity contribution in [3.8, 4) is 11.5 Å². The Bertz CT molecular complexity index is 414. The summed E-state index contributed by atoms with van der Waals surface area (Å²) in [6.45, 7) is 7.85. The van der Waals surface area contributed by atoms with Crippen LogP contribution in [0.1, 0.15) is 13.8 Å². The third-order valence-electron chi connectivity index (χ3n) is 3.92. The van der Waals surface area contributed by atoms with Gasteiger partial charge in [0.15, 0.2) is 11.5 Å². The monoisotopic (exact) mass is 264 g/mol. The van der Waals surface area contributed by atoms with E-state index in [1.807, 2.05) is 24.3 Å². The van der Waals surface area contributed by atoms with Gasteiger partial charge in [0.2, 0.25) is 0 Å². The molecule has 0 atom stereocenters. The first kappa shape index (κ1) is 14.2. The molecule has 4 nitrogen and oxygen atoms in total. The highest BCUT2D eigenvalue weighted by molar-refractivity contribution is 5.39. The first-order valence-corrected chi connectivity index (χ1v) is 6.82. The number of likely N-dealkylation sites (tertiary alicyclic amines) is 1. The molecule has 19 heavy (non-hydrogen) atoms. The van der Waals surface area contributed by atoms with Gasteiger partial charge >= 0.3 is 0 Å². The van der Waals surface area contributed by atoms with Crippen LogP contribution in [0.25, 0.3) is 0 Å². The molecule has 0 radical (unpaired) electrons. The van der Waals surface area contributed by atoms with Gasteiger partial charge in [-0.2, -0.15) is 0 Å². The van der Waals surface area contributed by atoms with Crippen molar-refractivity contribution in [1.82, 2.24) is 4.90 Å². The molecule has 1 aromatic carbocycles. The van der Waals surface area contributed by atoms with Crippen LogP contribution in [0, 0.1) is 5.92 Å². The summed E-state index contributed by atoms with van der Waals surface area (Å²) in [5, 5.41) is 0. The van der Waals surface area contributed by atoms with Gasteiger partial charge in [0.05, 0.1) is 7.11 Å². The van der Waals surface area contributed by atoms with E-state index in [0.29, 0.717) is 12.5 Å². The van der Waals surface area contributed by atoms with E-state index >= 15 is 0 Å². The third-order valence-corrected chi connectivity index (χ3v) is 3.92. The summed E-state index contributed by atoms with van der Waals surface area (Å²) in [7, 11) is 1.66. The van der Waals surface area contributed by atoms with Gasteiger partial charge in [-0.25, -0.2) is 0 Å². The van der Waals surface area contributed by atoms with Crippen LogP contribution < -0.4 is 15.2 Å². The quantitative estimate of drug-likeness (QED) is 0.850. The van der Waals surface area contributed by atoms with Crippen molar-refractivity contribution in [2.75, 3.05) is 33.4 Å². The molecular weight excluding hydrogens is 240 g/mol. The summed E-state index contributed by atoms with van der Waals surface area (Å²) in [5.74, 6) is 2.11. The predicted octanol–water partition coefficient (Wildman–Crippen LogP) is 1.74. The molecule has 0 spiro atoms. The molecule has 0 amide bonds. The van der Waals surface area contributed by atoms with Gasteiger partial charge in [0.1, 0.15) is 6.61 Å². The van der Waals surface area contributed by atoms with Gasteiger partial charge in [0.25, 0.3) is 0 Å². The topological polar surface area (TPSA) is 47.7 Å². The van der Waals surface area contributed by atoms with Crippen molar-refractivity contribution >= 4 is 0 Å². The van der Waals surface area contributed by atoms with E-state index in [1.165, 1.54) is 0 Å². The van der Waals surface area contributed by atoms with Crippen molar-refractivity contribution in [3.05, 3.63) is 24.3 Å². The van der Waals surface area contributed by atoms with Crippen LogP contribution in [0.5, 0.6) is 11.5 Å². The molecule has 1 aromatic rings. The molecule has 0 bridgehead atoms. The normalized spacial score (nSPS) is 18.2. The Balaban J connectivity index is 1.74. The van der Waals surface area contributed by atoms with Crippen LogP contribution in [0.3, 0.4) is 0 Å². The van der Waals surface area contributed by atoms with E-state index in [1.54, 1.807) is 7.11 Å². The number of hydrogen-bond acceptors (Lipinski definition) is 4. The summed E-state index contributed by atoms with van der Waals surface area (Å²) in [4.78, 5) is 2.33. The van der Waals surface area contributed by atoms with E-state index in [9.17, 15) is 0 Å². The molecule has 1 heterocycles. The Morgan fingerprint density at radius 2 is 1.89 bits per heavy atom. The average molecular weight is 264 g/mol. The van der Waals surface area contributed by atoms with E-state index < -0.39 is 0 Å². The Morgan fingerprint density at radius 1 is 1.26 bits per heavy atom. The molecule has 0 aromatic heterocycles. The molecular formula is C15H24N2O2. The van der Waals surface area contributed by atoms with Crippen LogP contribution in [0.2, 0.25) is 0 Å². The minimum Gasteiger partial charge on any atom is -0.493 e. The minimum absolute atomic E-state index is 0.00949. The summed E-state index contributed by atoms with van der Waals surface area (Å²) in [6, 6.07) is 7.72. The molecule has 1 aliphatic rings. The largest absolute Gasteiger partial charge is 0.493 e. The zero-order chi connectivity index (χ0) is 13.9. The maximum Gasteiger partial charge on any atom is 0.161 e. The van der Waals surface area contributed by atoms with Crippen LogP contribution in [0.4, 0.5) is 0 Å². The smallest absolute Gasteiger partial charge is 0.161 e. The zero-order valence-corrected chi connectivity index (χ0v) is 12.1. The minimum atomic E-state index is -0.00949. The molecule has 1 aliphatic heterocycles. The highest BCUT2D eigenvalue weighted by Gasteiger charge is 2.41. The Hall–Kier alpha value is -1.26. The maximum atomic E-state index is 6.26. The lowest BCUT2D eigenvalue weighted by Crippen LogP contribution is -2.70. The SMILES string of the molecule is COc1ccccc1OCCN1CC(N)(C(C)C)C1. The Morgan fingerprint density at radius 3 is 2.47 bits per heavy atom. The second kappa shape index (κ2) is 5.80. The van der Waals surface area contributed by atoms with E-state index in [-0.39, 0.29) is 5.54 Å². The molecule has 4 heteroatoms. The number of rotatable bonds is 6. The highest BCUT2D eigenvalue weighted by atomic mass is 16.5. The predicted molar refractivity (Wildman–Crippen MR) is 76.7 cm³/mol. The van der Waals surface area contributed by atoms with Crippen molar-refractivity contribution in [2.45, 2.75) is 19.4 Å². The lowest BCUT2D eigenvalue weighted by atomic mass is 9.80. The lowest BCUT2D eigenvalue weighted by Gasteiger charge is -2.50. The molecule has 2 N–H and O–H groups in total. The number of nitrogens with zero attached hydrogens (tertiary/aromatic N) is 1. The molecule has 1 fully saturated rings. The summed E-state index contributed by atoms with van der Waals surface area (Å²) < 4.78 is 11.0. The lowest BCUT2D eigenvalue weighted by molar-refractivity contribution is 0.0279. The summed E-state index contributed by atoms with van der Waals surface area (Å²) in [6.07, 6.45) is 0. The van der Waals surface area contributed by atoms with E-state index in [0.717, 1.165) is 31.1 Å². The number of ether oxygens (including phenoxy) is 2. The Labute approximate surface area is 115 Å². The summed E-state index contributed by atoms with van der Waals surface area (Å²) >= 11 is 0. The van der Waals surface area contributed by atoms with Crippen LogP contribution in [-0.4, -0.2) is 43.8 Å². The van der Waals surface area contributed by atoms with Crippen molar-refractivity contribution in [2.24, 2.45) is 11.7 Å². The van der Waals surface area contributed by atoms with E-state index in [4.69, 9.17) is 15.2 Å². The van der Waals surface area contributed by atoms with Crippen LogP contribution in [0.15, 0.2) is 24.3 Å². The number of para-hydroxylation sites is 2. The first-order chi connectivity index (χ1) is 9.05. The number of benzene rings is 1. The fourth-order valence-electron chi connectivity index (χ4n) is 2.33. The average Bonchev–Trinajstić information content (AvgIpc) is 2.36. The van der Waals surface area contributed by atoms with Gasteiger partial charge in [-0.1, -0.05) is 26.0 Å². The van der Waals surface area contributed by atoms with Gasteiger partial charge < -0.3 is 15.2 Å².